The first-order valence-electron chi connectivity index (χ1n) is 5.19. The molecule has 2 nitrogen and oxygen atoms in total. The third-order valence-corrected chi connectivity index (χ3v) is 5.55. The Kier molecular flexibility index (Phi) is 2.60. The van der Waals surface area contributed by atoms with Gasteiger partial charge in [0.05, 0.1) is 4.87 Å². The van der Waals surface area contributed by atoms with E-state index in [-0.39, 0.29) is 0 Å². The van der Waals surface area contributed by atoms with E-state index in [2.05, 4.69) is 42.6 Å². The second kappa shape index (κ2) is 3.44. The summed E-state index contributed by atoms with van der Waals surface area (Å²) in [4.78, 5) is 5.54. The van der Waals surface area contributed by atoms with E-state index in [0.717, 1.165) is 6.04 Å². The van der Waals surface area contributed by atoms with Crippen LogP contribution in [-0.4, -0.2) is 53.7 Å². The first kappa shape index (κ1) is 9.81. The van der Waals surface area contributed by atoms with Gasteiger partial charge in [0.25, 0.3) is 0 Å². The summed E-state index contributed by atoms with van der Waals surface area (Å²) >= 11 is 2.18. The minimum Gasteiger partial charge on any atom is -0.306 e. The van der Waals surface area contributed by atoms with E-state index in [9.17, 15) is 0 Å². The van der Waals surface area contributed by atoms with Gasteiger partial charge in [-0.15, -0.1) is 11.8 Å². The van der Waals surface area contributed by atoms with E-state index < -0.39 is 0 Å². The molecule has 2 heterocycles. The number of hydrogen-bond acceptors (Lipinski definition) is 3. The van der Waals surface area contributed by atoms with Crippen LogP contribution in [0.1, 0.15) is 19.8 Å². The quantitative estimate of drug-likeness (QED) is 0.585. The molecule has 0 aromatic heterocycles. The van der Waals surface area contributed by atoms with Crippen molar-refractivity contribution >= 4 is 11.8 Å². The molecule has 1 spiro atoms. The van der Waals surface area contributed by atoms with Crippen LogP contribution in [0.5, 0.6) is 0 Å². The molecule has 2 rings (SSSR count). The Hall–Kier alpha value is 0.270. The number of hydrogen-bond donors (Lipinski definition) is 0. The first-order chi connectivity index (χ1) is 6.14. The smallest absolute Gasteiger partial charge is 0.0695 e. The zero-order valence-corrected chi connectivity index (χ0v) is 9.73. The maximum atomic E-state index is 2.60. The van der Waals surface area contributed by atoms with E-state index in [4.69, 9.17) is 0 Å². The standard InChI is InChI=1S/C10H20N2S/c1-9-8-13-10(12(9)3)4-6-11(2)7-5-10/h9H,4-8H2,1-3H3. The summed E-state index contributed by atoms with van der Waals surface area (Å²) in [5.41, 5.74) is 0. The van der Waals surface area contributed by atoms with Gasteiger partial charge in [-0.2, -0.15) is 0 Å². The van der Waals surface area contributed by atoms with Crippen LogP contribution in [0, 0.1) is 0 Å². The Morgan fingerprint density at radius 2 is 1.85 bits per heavy atom. The lowest BCUT2D eigenvalue weighted by molar-refractivity contribution is 0.110. The minimum absolute atomic E-state index is 0.492. The predicted octanol–water partition coefficient (Wildman–Crippen LogP) is 1.48. The van der Waals surface area contributed by atoms with Gasteiger partial charge in [-0.05, 0) is 33.9 Å². The Morgan fingerprint density at radius 1 is 1.23 bits per heavy atom. The lowest BCUT2D eigenvalue weighted by Gasteiger charge is -2.42. The molecule has 0 amide bonds. The van der Waals surface area contributed by atoms with Crippen LogP contribution in [0.4, 0.5) is 0 Å². The summed E-state index contributed by atoms with van der Waals surface area (Å²) in [5.74, 6) is 1.32. The molecule has 0 N–H and O–H groups in total. The van der Waals surface area contributed by atoms with Crippen molar-refractivity contribution in [2.24, 2.45) is 0 Å². The van der Waals surface area contributed by atoms with Gasteiger partial charge >= 0.3 is 0 Å². The van der Waals surface area contributed by atoms with E-state index in [1.165, 1.54) is 31.7 Å². The first-order valence-corrected chi connectivity index (χ1v) is 6.18. The van der Waals surface area contributed by atoms with Crippen LogP contribution in [-0.2, 0) is 0 Å². The predicted molar refractivity (Wildman–Crippen MR) is 59.1 cm³/mol. The van der Waals surface area contributed by atoms with Gasteiger partial charge in [0, 0.05) is 24.9 Å². The highest BCUT2D eigenvalue weighted by molar-refractivity contribution is 8.00. The molecule has 3 heteroatoms. The topological polar surface area (TPSA) is 6.48 Å². The molecule has 2 aliphatic rings. The fourth-order valence-electron chi connectivity index (χ4n) is 2.36. The van der Waals surface area contributed by atoms with Crippen LogP contribution >= 0.6 is 11.8 Å². The summed E-state index contributed by atoms with van der Waals surface area (Å²) in [6.45, 7) is 4.88. The monoisotopic (exact) mass is 200 g/mol. The van der Waals surface area contributed by atoms with Gasteiger partial charge in [0.2, 0.25) is 0 Å². The highest BCUT2D eigenvalue weighted by Crippen LogP contribution is 2.44. The van der Waals surface area contributed by atoms with Crippen molar-refractivity contribution < 1.29 is 0 Å². The number of piperidine rings is 1. The fraction of sp³-hybridized carbons (Fsp3) is 1.00. The Balaban J connectivity index is 2.05. The normalized spacial score (nSPS) is 35.8. The zero-order valence-electron chi connectivity index (χ0n) is 8.92. The molecule has 0 aromatic carbocycles. The van der Waals surface area contributed by atoms with Crippen LogP contribution in [0.25, 0.3) is 0 Å². The van der Waals surface area contributed by atoms with Crippen LogP contribution in [0.15, 0.2) is 0 Å². The lowest BCUT2D eigenvalue weighted by atomic mass is 10.0. The molecule has 1 unspecified atom stereocenters. The van der Waals surface area contributed by atoms with Gasteiger partial charge in [0.1, 0.15) is 0 Å². The highest BCUT2D eigenvalue weighted by Gasteiger charge is 2.44. The average molecular weight is 200 g/mol. The summed E-state index contributed by atoms with van der Waals surface area (Å²) < 4.78 is 0. The van der Waals surface area contributed by atoms with Crippen molar-refractivity contribution in [1.29, 1.82) is 0 Å². The SMILES string of the molecule is CC1CSC2(CCN(C)CC2)N1C. The molecule has 2 aliphatic heterocycles. The maximum Gasteiger partial charge on any atom is 0.0695 e. The second-order valence-electron chi connectivity index (χ2n) is 4.52. The molecular formula is C10H20N2S. The van der Waals surface area contributed by atoms with Gasteiger partial charge in [-0.25, -0.2) is 0 Å². The Bertz CT molecular complexity index is 187. The number of likely N-dealkylation sites (tertiary alicyclic amines) is 1. The molecule has 76 valence electrons. The molecule has 0 bridgehead atoms. The van der Waals surface area contributed by atoms with E-state index in [1.54, 1.807) is 0 Å². The van der Waals surface area contributed by atoms with E-state index >= 15 is 0 Å². The highest BCUT2D eigenvalue weighted by atomic mass is 32.2. The lowest BCUT2D eigenvalue weighted by Crippen LogP contribution is -2.49. The number of thioether (sulfide) groups is 1. The third kappa shape index (κ3) is 1.62. The molecule has 0 aromatic rings. The fourth-order valence-corrected chi connectivity index (χ4v) is 3.99. The van der Waals surface area contributed by atoms with Crippen molar-refractivity contribution in [2.75, 3.05) is 32.9 Å². The molecule has 0 aliphatic carbocycles. The molecule has 0 radical (unpaired) electrons. The minimum atomic E-state index is 0.492. The van der Waals surface area contributed by atoms with Crippen LogP contribution in [0.3, 0.4) is 0 Å². The maximum absolute atomic E-state index is 2.60. The second-order valence-corrected chi connectivity index (χ2v) is 5.90. The molecular weight excluding hydrogens is 180 g/mol. The van der Waals surface area contributed by atoms with Crippen molar-refractivity contribution in [2.45, 2.75) is 30.7 Å². The summed E-state index contributed by atoms with van der Waals surface area (Å²) in [6.07, 6.45) is 2.68. The van der Waals surface area contributed by atoms with E-state index in [1.807, 2.05) is 0 Å². The third-order valence-electron chi connectivity index (χ3n) is 3.67. The zero-order chi connectivity index (χ0) is 9.47. The summed E-state index contributed by atoms with van der Waals surface area (Å²) in [7, 11) is 4.53. The van der Waals surface area contributed by atoms with Crippen molar-refractivity contribution in [3.63, 3.8) is 0 Å². The van der Waals surface area contributed by atoms with Gasteiger partial charge in [0.15, 0.2) is 0 Å². The van der Waals surface area contributed by atoms with Gasteiger partial charge < -0.3 is 4.90 Å². The average Bonchev–Trinajstić information content (AvgIpc) is 2.40. The van der Waals surface area contributed by atoms with E-state index in [0.29, 0.717) is 4.87 Å². The largest absolute Gasteiger partial charge is 0.306 e. The van der Waals surface area contributed by atoms with Crippen molar-refractivity contribution in [3.05, 3.63) is 0 Å². The number of rotatable bonds is 0. The Labute approximate surface area is 85.7 Å². The summed E-state index contributed by atoms with van der Waals surface area (Å²) in [5, 5.41) is 0. The van der Waals surface area contributed by atoms with Crippen LogP contribution < -0.4 is 0 Å². The van der Waals surface area contributed by atoms with Crippen LogP contribution in [0.2, 0.25) is 0 Å². The molecule has 1 atom stereocenters. The van der Waals surface area contributed by atoms with Crippen molar-refractivity contribution in [3.8, 4) is 0 Å². The molecule has 2 fully saturated rings. The molecule has 0 saturated carbocycles. The molecule has 2 saturated heterocycles. The van der Waals surface area contributed by atoms with Gasteiger partial charge in [-0.3, -0.25) is 4.90 Å². The van der Waals surface area contributed by atoms with Crippen molar-refractivity contribution in [1.82, 2.24) is 9.80 Å². The van der Waals surface area contributed by atoms with Gasteiger partial charge in [-0.1, -0.05) is 0 Å². The number of nitrogens with zero attached hydrogens (tertiary/aromatic N) is 2. The Morgan fingerprint density at radius 3 is 2.31 bits per heavy atom. The molecule has 13 heavy (non-hydrogen) atoms. The summed E-state index contributed by atoms with van der Waals surface area (Å²) in [6, 6.07) is 0.772.